The fourth-order valence-electron chi connectivity index (χ4n) is 2.66. The maximum atomic E-state index is 12.0. The molecule has 1 heterocycles. The first-order valence-electron chi connectivity index (χ1n) is 6.26. The van der Waals surface area contributed by atoms with Crippen LogP contribution in [-0.2, 0) is 9.59 Å². The molecule has 2 aliphatic rings. The second-order valence-electron chi connectivity index (χ2n) is 5.09. The first kappa shape index (κ1) is 12.4. The van der Waals surface area contributed by atoms with Crippen LogP contribution in [0.4, 0.5) is 0 Å². The lowest BCUT2D eigenvalue weighted by Gasteiger charge is -2.32. The van der Waals surface area contributed by atoms with Crippen LogP contribution in [0.15, 0.2) is 0 Å². The summed E-state index contributed by atoms with van der Waals surface area (Å²) in [5.41, 5.74) is 0. The Morgan fingerprint density at radius 1 is 1.29 bits per heavy atom. The first-order chi connectivity index (χ1) is 8.13. The van der Waals surface area contributed by atoms with Crippen LogP contribution in [0.5, 0.6) is 0 Å². The minimum Gasteiger partial charge on any atom is -0.481 e. The average molecular weight is 241 g/mol. The summed E-state index contributed by atoms with van der Waals surface area (Å²) in [5, 5.41) is 17.7. The Morgan fingerprint density at radius 3 is 2.65 bits per heavy atom. The number of carbonyl (C=O) groups is 2. The summed E-state index contributed by atoms with van der Waals surface area (Å²) in [6.07, 6.45) is 3.24. The van der Waals surface area contributed by atoms with Gasteiger partial charge in [-0.05, 0) is 31.6 Å². The van der Waals surface area contributed by atoms with Crippen LogP contribution in [0.25, 0.3) is 0 Å². The zero-order valence-corrected chi connectivity index (χ0v) is 9.84. The van der Waals surface area contributed by atoms with Gasteiger partial charge < -0.3 is 15.1 Å². The summed E-state index contributed by atoms with van der Waals surface area (Å²) in [5.74, 6) is -1.23. The predicted octanol–water partition coefficient (Wildman–Crippen LogP) is 0.328. The molecule has 0 aromatic carbocycles. The molecule has 0 bridgehead atoms. The molecule has 5 nitrogen and oxygen atoms in total. The zero-order chi connectivity index (χ0) is 12.4. The number of amides is 1. The highest BCUT2D eigenvalue weighted by atomic mass is 16.4. The van der Waals surface area contributed by atoms with Gasteiger partial charge in [-0.15, -0.1) is 0 Å². The van der Waals surface area contributed by atoms with Crippen LogP contribution in [-0.4, -0.2) is 46.7 Å². The van der Waals surface area contributed by atoms with Gasteiger partial charge in [0, 0.05) is 19.7 Å². The van der Waals surface area contributed by atoms with Crippen molar-refractivity contribution in [2.75, 3.05) is 19.7 Å². The molecule has 0 aromatic rings. The summed E-state index contributed by atoms with van der Waals surface area (Å²) in [7, 11) is 0. The second-order valence-corrected chi connectivity index (χ2v) is 5.09. The van der Waals surface area contributed by atoms with Crippen molar-refractivity contribution < 1.29 is 19.8 Å². The highest BCUT2D eigenvalue weighted by molar-refractivity contribution is 5.89. The van der Waals surface area contributed by atoms with E-state index in [9.17, 15) is 9.59 Å². The van der Waals surface area contributed by atoms with E-state index in [2.05, 4.69) is 0 Å². The first-order valence-corrected chi connectivity index (χ1v) is 6.26. The lowest BCUT2D eigenvalue weighted by molar-refractivity contribution is -0.142. The number of aliphatic carboxylic acids is 1. The molecule has 1 aliphatic heterocycles. The van der Waals surface area contributed by atoms with Crippen LogP contribution in [0.3, 0.4) is 0 Å². The lowest BCUT2D eigenvalue weighted by atomic mass is 9.95. The Balaban J connectivity index is 1.85. The predicted molar refractivity (Wildman–Crippen MR) is 60.2 cm³/mol. The van der Waals surface area contributed by atoms with E-state index in [-0.39, 0.29) is 18.4 Å². The SMILES string of the molecule is O=C(O)C1CC1C(=O)N1CCCC(CCO)C1. The van der Waals surface area contributed by atoms with Gasteiger partial charge in [0.2, 0.25) is 5.91 Å². The summed E-state index contributed by atoms with van der Waals surface area (Å²) >= 11 is 0. The summed E-state index contributed by atoms with van der Waals surface area (Å²) in [6, 6.07) is 0. The number of nitrogens with zero attached hydrogens (tertiary/aromatic N) is 1. The van der Waals surface area contributed by atoms with Crippen molar-refractivity contribution in [3.63, 3.8) is 0 Å². The third-order valence-electron chi connectivity index (χ3n) is 3.79. The Bertz CT molecular complexity index is 316. The molecule has 1 saturated carbocycles. The topological polar surface area (TPSA) is 77.8 Å². The van der Waals surface area contributed by atoms with Crippen molar-refractivity contribution in [1.29, 1.82) is 0 Å². The number of rotatable bonds is 4. The van der Waals surface area contributed by atoms with Crippen molar-refractivity contribution >= 4 is 11.9 Å². The number of carboxylic acid groups (broad SMARTS) is 1. The summed E-state index contributed by atoms with van der Waals surface area (Å²) in [4.78, 5) is 24.5. The van der Waals surface area contributed by atoms with Crippen molar-refractivity contribution in [3.05, 3.63) is 0 Å². The largest absolute Gasteiger partial charge is 0.481 e. The summed E-state index contributed by atoms with van der Waals surface area (Å²) < 4.78 is 0. The van der Waals surface area contributed by atoms with Crippen molar-refractivity contribution in [3.8, 4) is 0 Å². The quantitative estimate of drug-likeness (QED) is 0.743. The van der Waals surface area contributed by atoms with Gasteiger partial charge in [-0.1, -0.05) is 0 Å². The van der Waals surface area contributed by atoms with E-state index in [4.69, 9.17) is 10.2 Å². The minimum atomic E-state index is -0.854. The minimum absolute atomic E-state index is 0.0000368. The van der Waals surface area contributed by atoms with Crippen LogP contribution < -0.4 is 0 Å². The molecule has 1 amide bonds. The van der Waals surface area contributed by atoms with Gasteiger partial charge >= 0.3 is 5.97 Å². The van der Waals surface area contributed by atoms with Gasteiger partial charge in [-0.25, -0.2) is 0 Å². The third-order valence-corrected chi connectivity index (χ3v) is 3.79. The van der Waals surface area contributed by atoms with Crippen LogP contribution in [0.1, 0.15) is 25.7 Å². The molecule has 96 valence electrons. The van der Waals surface area contributed by atoms with Gasteiger partial charge in [0.05, 0.1) is 11.8 Å². The van der Waals surface area contributed by atoms with E-state index in [0.29, 0.717) is 18.9 Å². The highest BCUT2D eigenvalue weighted by Gasteiger charge is 2.50. The lowest BCUT2D eigenvalue weighted by Crippen LogP contribution is -2.41. The molecular weight excluding hydrogens is 222 g/mol. The molecule has 17 heavy (non-hydrogen) atoms. The zero-order valence-electron chi connectivity index (χ0n) is 9.84. The number of aliphatic hydroxyl groups excluding tert-OH is 1. The molecule has 0 aromatic heterocycles. The van der Waals surface area contributed by atoms with Gasteiger partial charge in [-0.3, -0.25) is 9.59 Å². The molecule has 2 rings (SSSR count). The molecular formula is C12H19NO4. The van der Waals surface area contributed by atoms with Gasteiger partial charge in [0.25, 0.3) is 0 Å². The van der Waals surface area contributed by atoms with Gasteiger partial charge in [0.1, 0.15) is 0 Å². The van der Waals surface area contributed by atoms with E-state index in [1.165, 1.54) is 0 Å². The van der Waals surface area contributed by atoms with E-state index in [1.54, 1.807) is 4.90 Å². The monoisotopic (exact) mass is 241 g/mol. The number of piperidine rings is 1. The molecule has 2 N–H and O–H groups in total. The third kappa shape index (κ3) is 2.77. The number of likely N-dealkylation sites (tertiary alicyclic amines) is 1. The Morgan fingerprint density at radius 2 is 2.06 bits per heavy atom. The van der Waals surface area contributed by atoms with Crippen molar-refractivity contribution in [2.45, 2.75) is 25.7 Å². The average Bonchev–Trinajstić information content (AvgIpc) is 3.09. The van der Waals surface area contributed by atoms with Crippen LogP contribution >= 0.6 is 0 Å². The Hall–Kier alpha value is -1.10. The number of carboxylic acids is 1. The van der Waals surface area contributed by atoms with Crippen molar-refractivity contribution in [2.24, 2.45) is 17.8 Å². The Labute approximate surface area is 100 Å². The molecule has 2 fully saturated rings. The fraction of sp³-hybridized carbons (Fsp3) is 0.833. The fourth-order valence-corrected chi connectivity index (χ4v) is 2.66. The summed E-state index contributed by atoms with van der Waals surface area (Å²) in [6.45, 7) is 1.58. The standard InChI is InChI=1S/C12H19NO4/c14-5-3-8-2-1-4-13(7-8)11(15)9-6-10(9)12(16)17/h8-10,14H,1-7H2,(H,16,17). The van der Waals surface area contributed by atoms with E-state index < -0.39 is 11.9 Å². The van der Waals surface area contributed by atoms with Gasteiger partial charge in [0.15, 0.2) is 0 Å². The molecule has 1 saturated heterocycles. The smallest absolute Gasteiger partial charge is 0.307 e. The van der Waals surface area contributed by atoms with Crippen molar-refractivity contribution in [1.82, 2.24) is 4.90 Å². The number of hydrogen-bond acceptors (Lipinski definition) is 3. The van der Waals surface area contributed by atoms with E-state index in [1.807, 2.05) is 0 Å². The number of aliphatic hydroxyl groups is 1. The van der Waals surface area contributed by atoms with E-state index >= 15 is 0 Å². The maximum Gasteiger partial charge on any atom is 0.307 e. The Kier molecular flexibility index (Phi) is 3.66. The van der Waals surface area contributed by atoms with E-state index in [0.717, 1.165) is 25.8 Å². The van der Waals surface area contributed by atoms with Crippen LogP contribution in [0, 0.1) is 17.8 Å². The molecule has 0 spiro atoms. The van der Waals surface area contributed by atoms with Crippen LogP contribution in [0.2, 0.25) is 0 Å². The number of carbonyl (C=O) groups excluding carboxylic acids is 1. The molecule has 3 atom stereocenters. The molecule has 3 unspecified atom stereocenters. The second kappa shape index (κ2) is 5.04. The molecule has 0 radical (unpaired) electrons. The number of hydrogen-bond donors (Lipinski definition) is 2. The van der Waals surface area contributed by atoms with Gasteiger partial charge in [-0.2, -0.15) is 0 Å². The highest BCUT2D eigenvalue weighted by Crippen LogP contribution is 2.40. The normalized spacial score (nSPS) is 32.3. The molecule has 5 heteroatoms. The molecule has 1 aliphatic carbocycles. The maximum absolute atomic E-state index is 12.0.